The molecular weight excluding hydrogens is 370 g/mol. The molecule has 7 nitrogen and oxygen atoms in total. The predicted molar refractivity (Wildman–Crippen MR) is 100 cm³/mol. The van der Waals surface area contributed by atoms with Crippen LogP contribution in [0.4, 0.5) is 0 Å². The van der Waals surface area contributed by atoms with E-state index in [2.05, 4.69) is 0 Å². The second-order valence-electron chi connectivity index (χ2n) is 5.67. The van der Waals surface area contributed by atoms with Crippen LogP contribution >= 0.6 is 0 Å². The van der Waals surface area contributed by atoms with Crippen LogP contribution in [0.3, 0.4) is 0 Å². The van der Waals surface area contributed by atoms with E-state index < -0.39 is 16.0 Å². The fourth-order valence-electron chi connectivity index (χ4n) is 2.31. The van der Waals surface area contributed by atoms with Crippen molar-refractivity contribution < 1.29 is 27.4 Å². The van der Waals surface area contributed by atoms with Gasteiger partial charge in [-0.05, 0) is 48.9 Å². The van der Waals surface area contributed by atoms with E-state index >= 15 is 0 Å². The van der Waals surface area contributed by atoms with Crippen molar-refractivity contribution in [2.75, 3.05) is 27.4 Å². The average Bonchev–Trinajstić information content (AvgIpc) is 2.67. The number of rotatable bonds is 9. The maximum atomic E-state index is 12.7. The molecule has 0 saturated heterocycles. The monoisotopic (exact) mass is 393 g/mol. The van der Waals surface area contributed by atoms with Gasteiger partial charge in [0.15, 0.2) is 6.61 Å². The fourth-order valence-corrected chi connectivity index (χ4v) is 3.46. The Hall–Kier alpha value is -2.58. The largest absolute Gasteiger partial charge is 0.497 e. The first-order valence-corrected chi connectivity index (χ1v) is 9.78. The molecule has 2 rings (SSSR count). The normalized spacial score (nSPS) is 11.3. The summed E-state index contributed by atoms with van der Waals surface area (Å²) in [6.45, 7) is 1.99. The average molecular weight is 393 g/mol. The van der Waals surface area contributed by atoms with E-state index in [1.54, 1.807) is 26.2 Å². The second-order valence-corrected chi connectivity index (χ2v) is 7.72. The van der Waals surface area contributed by atoms with Gasteiger partial charge >= 0.3 is 5.97 Å². The minimum Gasteiger partial charge on any atom is -0.497 e. The first kappa shape index (κ1) is 20.7. The molecule has 0 amide bonds. The molecule has 0 bridgehead atoms. The number of hydrogen-bond acceptors (Lipinski definition) is 6. The zero-order valence-corrected chi connectivity index (χ0v) is 16.4. The maximum Gasteiger partial charge on any atom is 0.344 e. The summed E-state index contributed by atoms with van der Waals surface area (Å²) in [7, 11) is -0.561. The molecule has 146 valence electrons. The van der Waals surface area contributed by atoms with E-state index in [4.69, 9.17) is 14.2 Å². The number of carbonyl (C=O) groups excluding carboxylic acids is 1. The third kappa shape index (κ3) is 5.70. The predicted octanol–water partition coefficient (Wildman–Crippen LogP) is 2.46. The van der Waals surface area contributed by atoms with Crippen LogP contribution in [-0.2, 0) is 26.1 Å². The molecule has 2 aromatic rings. The van der Waals surface area contributed by atoms with Crippen molar-refractivity contribution in [2.45, 2.75) is 18.4 Å². The van der Waals surface area contributed by atoms with Crippen molar-refractivity contribution in [3.05, 3.63) is 54.1 Å². The number of nitrogens with zero attached hydrogens (tertiary/aromatic N) is 1. The van der Waals surface area contributed by atoms with Crippen molar-refractivity contribution in [3.63, 3.8) is 0 Å². The Kier molecular flexibility index (Phi) is 7.20. The van der Waals surface area contributed by atoms with Crippen molar-refractivity contribution >= 4 is 16.0 Å². The number of sulfonamides is 1. The van der Waals surface area contributed by atoms with Gasteiger partial charge in [-0.3, -0.25) is 0 Å². The van der Waals surface area contributed by atoms with Crippen LogP contribution in [0.15, 0.2) is 53.4 Å². The van der Waals surface area contributed by atoms with Crippen LogP contribution in [0.1, 0.15) is 12.5 Å². The molecular formula is C19H23NO6S. The maximum absolute atomic E-state index is 12.7. The summed E-state index contributed by atoms with van der Waals surface area (Å²) in [5.41, 5.74) is 0.844. The minimum absolute atomic E-state index is 0.141. The molecule has 0 radical (unpaired) electrons. The van der Waals surface area contributed by atoms with Crippen molar-refractivity contribution in [1.29, 1.82) is 0 Å². The van der Waals surface area contributed by atoms with E-state index in [1.165, 1.54) is 35.6 Å². The number of ether oxygens (including phenoxy) is 3. The third-order valence-corrected chi connectivity index (χ3v) is 5.58. The summed E-state index contributed by atoms with van der Waals surface area (Å²) in [6, 6.07) is 13.1. The number of esters is 1. The van der Waals surface area contributed by atoms with Gasteiger partial charge in [0.2, 0.25) is 10.0 Å². The highest BCUT2D eigenvalue weighted by molar-refractivity contribution is 7.89. The molecule has 8 heteroatoms. The Bertz CT molecular complexity index is 847. The number of methoxy groups -OCH3 is 1. The Balaban J connectivity index is 2.02. The molecule has 0 heterocycles. The van der Waals surface area contributed by atoms with E-state index in [9.17, 15) is 13.2 Å². The van der Waals surface area contributed by atoms with E-state index in [0.29, 0.717) is 11.5 Å². The van der Waals surface area contributed by atoms with Crippen molar-refractivity contribution in [3.8, 4) is 11.5 Å². The van der Waals surface area contributed by atoms with Gasteiger partial charge in [0.25, 0.3) is 0 Å². The quantitative estimate of drug-likeness (QED) is 0.609. The highest BCUT2D eigenvalue weighted by atomic mass is 32.2. The SMILES string of the molecule is CCOC(=O)COc1ccc(S(=O)(=O)N(C)Cc2ccc(OC)cc2)cc1. The lowest BCUT2D eigenvalue weighted by molar-refractivity contribution is -0.145. The second kappa shape index (κ2) is 9.38. The molecule has 0 saturated carbocycles. The number of hydrogen-bond donors (Lipinski definition) is 0. The molecule has 0 fully saturated rings. The van der Waals surface area contributed by atoms with Gasteiger partial charge in [-0.2, -0.15) is 4.31 Å². The van der Waals surface area contributed by atoms with Gasteiger partial charge in [-0.1, -0.05) is 12.1 Å². The summed E-state index contributed by atoms with van der Waals surface area (Å²) in [4.78, 5) is 11.4. The van der Waals surface area contributed by atoms with Crippen LogP contribution in [0, 0.1) is 0 Å². The lowest BCUT2D eigenvalue weighted by atomic mass is 10.2. The zero-order valence-electron chi connectivity index (χ0n) is 15.5. The van der Waals surface area contributed by atoms with Crippen LogP contribution < -0.4 is 9.47 Å². The van der Waals surface area contributed by atoms with E-state index in [-0.39, 0.29) is 24.7 Å². The van der Waals surface area contributed by atoms with E-state index in [1.807, 2.05) is 12.1 Å². The van der Waals surface area contributed by atoms with Crippen LogP contribution in [-0.4, -0.2) is 46.1 Å². The highest BCUT2D eigenvalue weighted by Crippen LogP contribution is 2.21. The Morgan fingerprint density at radius 3 is 2.15 bits per heavy atom. The summed E-state index contributed by atoms with van der Waals surface area (Å²) in [5, 5.41) is 0. The van der Waals surface area contributed by atoms with Gasteiger partial charge in [0.1, 0.15) is 11.5 Å². The Labute approximate surface area is 159 Å². The van der Waals surface area contributed by atoms with Gasteiger partial charge < -0.3 is 14.2 Å². The Morgan fingerprint density at radius 2 is 1.59 bits per heavy atom. The smallest absolute Gasteiger partial charge is 0.344 e. The standard InChI is InChI=1S/C19H23NO6S/c1-4-25-19(21)14-26-17-9-11-18(12-10-17)27(22,23)20(2)13-15-5-7-16(24-3)8-6-15/h5-12H,4,13-14H2,1-3H3. The summed E-state index contributed by atoms with van der Waals surface area (Å²) < 4.78 is 41.8. The van der Waals surface area contributed by atoms with Crippen molar-refractivity contribution in [2.24, 2.45) is 0 Å². The van der Waals surface area contributed by atoms with Crippen molar-refractivity contribution in [1.82, 2.24) is 4.31 Å². The molecule has 0 aromatic heterocycles. The molecule has 0 aliphatic heterocycles. The lowest BCUT2D eigenvalue weighted by Crippen LogP contribution is -2.26. The van der Waals surface area contributed by atoms with Crippen LogP contribution in [0.2, 0.25) is 0 Å². The fraction of sp³-hybridized carbons (Fsp3) is 0.316. The summed E-state index contributed by atoms with van der Waals surface area (Å²) in [5.74, 6) is 0.621. The van der Waals surface area contributed by atoms with Gasteiger partial charge in [0, 0.05) is 13.6 Å². The molecule has 2 aromatic carbocycles. The zero-order chi connectivity index (χ0) is 19.9. The number of carbonyl (C=O) groups is 1. The highest BCUT2D eigenvalue weighted by Gasteiger charge is 2.21. The van der Waals surface area contributed by atoms with Crippen LogP contribution in [0.25, 0.3) is 0 Å². The first-order valence-electron chi connectivity index (χ1n) is 8.34. The molecule has 0 atom stereocenters. The molecule has 0 unspecified atom stereocenters. The van der Waals surface area contributed by atoms with Gasteiger partial charge in [-0.25, -0.2) is 13.2 Å². The topological polar surface area (TPSA) is 82.1 Å². The van der Waals surface area contributed by atoms with E-state index in [0.717, 1.165) is 5.56 Å². The van der Waals surface area contributed by atoms with Gasteiger partial charge in [0.05, 0.1) is 18.6 Å². The van der Waals surface area contributed by atoms with Gasteiger partial charge in [-0.15, -0.1) is 0 Å². The molecule has 27 heavy (non-hydrogen) atoms. The molecule has 0 aliphatic rings. The van der Waals surface area contributed by atoms with Crippen LogP contribution in [0.5, 0.6) is 11.5 Å². The first-order chi connectivity index (χ1) is 12.9. The molecule has 0 spiro atoms. The molecule has 0 aliphatic carbocycles. The third-order valence-electron chi connectivity index (χ3n) is 3.76. The summed E-state index contributed by atoms with van der Waals surface area (Å²) in [6.07, 6.45) is 0. The molecule has 0 N–H and O–H groups in total. The lowest BCUT2D eigenvalue weighted by Gasteiger charge is -2.17. The summed E-state index contributed by atoms with van der Waals surface area (Å²) >= 11 is 0. The minimum atomic E-state index is -3.65. The Morgan fingerprint density at radius 1 is 1.00 bits per heavy atom. The number of benzene rings is 2.